The van der Waals surface area contributed by atoms with Crippen LogP contribution in [0.4, 0.5) is 0 Å². The van der Waals surface area contributed by atoms with Crippen molar-refractivity contribution in [1.82, 2.24) is 5.32 Å². The third-order valence-electron chi connectivity index (χ3n) is 3.34. The maximum Gasteiger partial charge on any atom is 0.303 e. The molecule has 11 nitrogen and oxygen atoms in total. The second-order valence-electron chi connectivity index (χ2n) is 6.79. The summed E-state index contributed by atoms with van der Waals surface area (Å²) in [5.41, 5.74) is 0. The number of carbonyl (C=O) groups excluding carboxylic acids is 5. The van der Waals surface area contributed by atoms with Crippen LogP contribution >= 0.6 is 12.2 Å². The van der Waals surface area contributed by atoms with Gasteiger partial charge in [-0.2, -0.15) is 0 Å². The van der Waals surface area contributed by atoms with E-state index in [-0.39, 0.29) is 11.0 Å². The van der Waals surface area contributed by atoms with Gasteiger partial charge >= 0.3 is 29.8 Å². The van der Waals surface area contributed by atoms with Gasteiger partial charge in [-0.05, 0) is 13.8 Å². The van der Waals surface area contributed by atoms with E-state index in [1.807, 2.05) is 0 Å². The third kappa shape index (κ3) is 11.9. The third-order valence-corrected chi connectivity index (χ3v) is 3.69. The SMILES string of the molecule is CC(=O)OC[C@@H](OC(C)=O)[C@@H](OC(C)=O)[C@H](OC(C)=O)[C@@H](OC(C)=O)C(=S)NC(C)C. The highest BCUT2D eigenvalue weighted by Crippen LogP contribution is 2.21. The van der Waals surface area contributed by atoms with Crippen molar-refractivity contribution < 1.29 is 47.7 Å². The van der Waals surface area contributed by atoms with E-state index in [2.05, 4.69) is 5.32 Å². The molecule has 4 atom stereocenters. The minimum atomic E-state index is -1.53. The summed E-state index contributed by atoms with van der Waals surface area (Å²) in [6.07, 6.45) is -5.85. The number of thiocarbonyl (C=S) groups is 1. The van der Waals surface area contributed by atoms with Gasteiger partial charge in [0.05, 0.1) is 0 Å². The highest BCUT2D eigenvalue weighted by molar-refractivity contribution is 7.80. The first-order valence-electron chi connectivity index (χ1n) is 9.37. The lowest BCUT2D eigenvalue weighted by atomic mass is 10.0. The average Bonchev–Trinajstić information content (AvgIpc) is 2.58. The Balaban J connectivity index is 6.41. The molecule has 0 radical (unpaired) electrons. The van der Waals surface area contributed by atoms with Gasteiger partial charge in [0, 0.05) is 40.7 Å². The van der Waals surface area contributed by atoms with E-state index in [0.29, 0.717) is 0 Å². The number of rotatable bonds is 11. The fourth-order valence-electron chi connectivity index (χ4n) is 2.46. The van der Waals surface area contributed by atoms with E-state index >= 15 is 0 Å². The van der Waals surface area contributed by atoms with Gasteiger partial charge in [-0.3, -0.25) is 24.0 Å². The van der Waals surface area contributed by atoms with Crippen molar-refractivity contribution in [2.45, 2.75) is 78.9 Å². The maximum absolute atomic E-state index is 11.8. The summed E-state index contributed by atoms with van der Waals surface area (Å²) in [6.45, 7) is 8.47. The van der Waals surface area contributed by atoms with E-state index < -0.39 is 60.9 Å². The van der Waals surface area contributed by atoms with Crippen LogP contribution in [-0.4, -0.2) is 71.9 Å². The minimum Gasteiger partial charge on any atom is -0.462 e. The number of hydrogen-bond acceptors (Lipinski definition) is 11. The Morgan fingerprint density at radius 3 is 1.55 bits per heavy atom. The molecule has 0 aliphatic carbocycles. The van der Waals surface area contributed by atoms with Crippen LogP contribution in [0.5, 0.6) is 0 Å². The van der Waals surface area contributed by atoms with Gasteiger partial charge in [-0.1, -0.05) is 12.2 Å². The summed E-state index contributed by atoms with van der Waals surface area (Å²) in [5, 5.41) is 2.87. The van der Waals surface area contributed by atoms with Crippen LogP contribution in [0.1, 0.15) is 48.5 Å². The zero-order chi connectivity index (χ0) is 24.3. The normalized spacial score (nSPS) is 14.3. The minimum absolute atomic E-state index is 0.0253. The quantitative estimate of drug-likeness (QED) is 0.260. The van der Waals surface area contributed by atoms with Gasteiger partial charge in [0.2, 0.25) is 0 Å². The standard InChI is InChI=1S/C19H29NO10S/c1-9(2)20-19(31)18(30-14(7)25)17(29-13(6)24)16(28-12(5)23)15(27-11(4)22)8-26-10(3)21/h9,15-18H,8H2,1-7H3,(H,20,31)/t15-,16-,17+,18-/m1/s1. The highest BCUT2D eigenvalue weighted by atomic mass is 32.1. The fraction of sp³-hybridized carbons (Fsp3) is 0.684. The number of esters is 5. The number of ether oxygens (including phenoxy) is 5. The first kappa shape index (κ1) is 28.2. The van der Waals surface area contributed by atoms with Gasteiger partial charge in [0.25, 0.3) is 0 Å². The molecular formula is C19H29NO10S. The molecule has 0 aromatic carbocycles. The molecule has 0 bridgehead atoms. The first-order valence-corrected chi connectivity index (χ1v) is 9.78. The highest BCUT2D eigenvalue weighted by Gasteiger charge is 2.45. The smallest absolute Gasteiger partial charge is 0.303 e. The second-order valence-corrected chi connectivity index (χ2v) is 7.23. The zero-order valence-corrected chi connectivity index (χ0v) is 19.4. The molecule has 0 rings (SSSR count). The zero-order valence-electron chi connectivity index (χ0n) is 18.6. The van der Waals surface area contributed by atoms with Crippen molar-refractivity contribution in [2.24, 2.45) is 0 Å². The predicted molar refractivity (Wildman–Crippen MR) is 110 cm³/mol. The Bertz CT molecular complexity index is 693. The summed E-state index contributed by atoms with van der Waals surface area (Å²) in [6, 6.07) is -0.180. The first-order chi connectivity index (χ1) is 14.2. The van der Waals surface area contributed by atoms with Crippen molar-refractivity contribution in [3.05, 3.63) is 0 Å². The molecule has 1 N–H and O–H groups in total. The fourth-order valence-corrected chi connectivity index (χ4v) is 2.88. The van der Waals surface area contributed by atoms with Crippen LogP contribution in [0.25, 0.3) is 0 Å². The lowest BCUT2D eigenvalue weighted by Gasteiger charge is -2.35. The summed E-state index contributed by atoms with van der Waals surface area (Å²) in [4.78, 5) is 58.2. The molecule has 0 aliphatic rings. The molecule has 0 heterocycles. The van der Waals surface area contributed by atoms with Crippen molar-refractivity contribution in [3.8, 4) is 0 Å². The Kier molecular flexibility index (Phi) is 12.3. The van der Waals surface area contributed by atoms with Crippen LogP contribution in [0, 0.1) is 0 Å². The molecule has 176 valence electrons. The molecule has 0 saturated carbocycles. The summed E-state index contributed by atoms with van der Waals surface area (Å²) in [5.74, 6) is -3.90. The van der Waals surface area contributed by atoms with E-state index in [1.54, 1.807) is 13.8 Å². The van der Waals surface area contributed by atoms with Crippen LogP contribution in [0.3, 0.4) is 0 Å². The molecule has 12 heteroatoms. The molecule has 0 aromatic rings. The molecule has 0 amide bonds. The van der Waals surface area contributed by atoms with Crippen LogP contribution < -0.4 is 5.32 Å². The molecule has 31 heavy (non-hydrogen) atoms. The molecule has 0 aliphatic heterocycles. The van der Waals surface area contributed by atoms with Crippen molar-refractivity contribution in [1.29, 1.82) is 0 Å². The second kappa shape index (κ2) is 13.5. The van der Waals surface area contributed by atoms with Gasteiger partial charge in [0.15, 0.2) is 24.4 Å². The van der Waals surface area contributed by atoms with E-state index in [4.69, 9.17) is 35.9 Å². The van der Waals surface area contributed by atoms with Gasteiger partial charge in [0.1, 0.15) is 11.6 Å². The molecule has 0 fully saturated rings. The average molecular weight is 464 g/mol. The summed E-state index contributed by atoms with van der Waals surface area (Å²) in [7, 11) is 0. The Morgan fingerprint density at radius 1 is 0.710 bits per heavy atom. The monoisotopic (exact) mass is 463 g/mol. The molecule has 0 aromatic heterocycles. The van der Waals surface area contributed by atoms with E-state index in [1.165, 1.54) is 0 Å². The van der Waals surface area contributed by atoms with Crippen LogP contribution in [0.15, 0.2) is 0 Å². The molecular weight excluding hydrogens is 434 g/mol. The van der Waals surface area contributed by atoms with Crippen LogP contribution in [0.2, 0.25) is 0 Å². The topological polar surface area (TPSA) is 144 Å². The molecule has 0 saturated heterocycles. The van der Waals surface area contributed by atoms with Crippen molar-refractivity contribution in [2.75, 3.05) is 6.61 Å². The number of carbonyl (C=O) groups is 5. The lowest BCUT2D eigenvalue weighted by Crippen LogP contribution is -2.57. The summed E-state index contributed by atoms with van der Waals surface area (Å²) >= 11 is 5.30. The largest absolute Gasteiger partial charge is 0.462 e. The van der Waals surface area contributed by atoms with Gasteiger partial charge in [-0.15, -0.1) is 0 Å². The van der Waals surface area contributed by atoms with Gasteiger partial charge < -0.3 is 29.0 Å². The number of nitrogens with one attached hydrogen (secondary N) is 1. The molecule has 0 unspecified atom stereocenters. The molecule has 0 spiro atoms. The maximum atomic E-state index is 11.8. The lowest BCUT2D eigenvalue weighted by molar-refractivity contribution is -0.198. The summed E-state index contributed by atoms with van der Waals surface area (Å²) < 4.78 is 25.9. The van der Waals surface area contributed by atoms with Gasteiger partial charge in [-0.25, -0.2) is 0 Å². The van der Waals surface area contributed by atoms with Crippen molar-refractivity contribution >= 4 is 47.1 Å². The van der Waals surface area contributed by atoms with E-state index in [0.717, 1.165) is 34.6 Å². The predicted octanol–water partition coefficient (Wildman–Crippen LogP) is 0.602. The van der Waals surface area contributed by atoms with Crippen LogP contribution in [-0.2, 0) is 47.7 Å². The Hall–Kier alpha value is -2.76. The Morgan fingerprint density at radius 2 is 1.16 bits per heavy atom. The Labute approximate surface area is 186 Å². The van der Waals surface area contributed by atoms with Crippen molar-refractivity contribution in [3.63, 3.8) is 0 Å². The van der Waals surface area contributed by atoms with E-state index in [9.17, 15) is 24.0 Å². The number of hydrogen-bond donors (Lipinski definition) is 1.